The molecule has 2 aromatic heterocycles. The third kappa shape index (κ3) is 3.48. The third-order valence-corrected chi connectivity index (χ3v) is 7.04. The Hall–Kier alpha value is -3.62. The number of aromatic nitrogens is 2. The van der Waals surface area contributed by atoms with Gasteiger partial charge in [0.2, 0.25) is 0 Å². The maximum Gasteiger partial charge on any atom is 0.157 e. The summed E-state index contributed by atoms with van der Waals surface area (Å²) in [5, 5.41) is 10.00. The van der Waals surface area contributed by atoms with Crippen LogP contribution in [0.3, 0.4) is 0 Å². The van der Waals surface area contributed by atoms with Crippen molar-refractivity contribution in [2.24, 2.45) is 0 Å². The van der Waals surface area contributed by atoms with Crippen molar-refractivity contribution in [1.29, 1.82) is 5.26 Å². The van der Waals surface area contributed by atoms with Gasteiger partial charge in [0, 0.05) is 32.7 Å². The van der Waals surface area contributed by atoms with Gasteiger partial charge in [-0.15, -0.1) is 0 Å². The van der Waals surface area contributed by atoms with E-state index < -0.39 is 0 Å². The van der Waals surface area contributed by atoms with Crippen LogP contribution < -0.4 is 4.90 Å². The summed E-state index contributed by atoms with van der Waals surface area (Å²) in [5.74, 6) is 1.27. The topological polar surface area (TPSA) is 47.6 Å². The Bertz CT molecular complexity index is 1390. The van der Waals surface area contributed by atoms with Crippen LogP contribution in [0.5, 0.6) is 0 Å². The highest BCUT2D eigenvalue weighted by Gasteiger charge is 2.29. The van der Waals surface area contributed by atoms with Gasteiger partial charge in [-0.3, -0.25) is 9.30 Å². The predicted molar refractivity (Wildman–Crippen MR) is 134 cm³/mol. The Morgan fingerprint density at radius 1 is 0.909 bits per heavy atom. The molecule has 5 nitrogen and oxygen atoms in total. The normalized spacial score (nSPS) is 16.6. The molecule has 0 bridgehead atoms. The van der Waals surface area contributed by atoms with E-state index in [0.717, 1.165) is 74.2 Å². The second kappa shape index (κ2) is 8.38. The molecule has 0 saturated carbocycles. The van der Waals surface area contributed by atoms with Gasteiger partial charge < -0.3 is 4.90 Å². The van der Waals surface area contributed by atoms with Crippen LogP contribution >= 0.6 is 0 Å². The van der Waals surface area contributed by atoms with Crippen molar-refractivity contribution in [1.82, 2.24) is 14.3 Å². The number of benzene rings is 2. The van der Waals surface area contributed by atoms with Crippen molar-refractivity contribution >= 4 is 28.6 Å². The summed E-state index contributed by atoms with van der Waals surface area (Å²) in [6.07, 6.45) is 7.62. The summed E-state index contributed by atoms with van der Waals surface area (Å²) >= 11 is 0. The minimum atomic E-state index is 0.770. The second-order valence-corrected chi connectivity index (χ2v) is 8.98. The lowest BCUT2D eigenvalue weighted by atomic mass is 10.0. The Kier molecular flexibility index (Phi) is 5.09. The number of piperazine rings is 1. The first-order valence-corrected chi connectivity index (χ1v) is 11.9. The van der Waals surface area contributed by atoms with E-state index in [1.807, 2.05) is 6.07 Å². The zero-order chi connectivity index (χ0) is 22.2. The summed E-state index contributed by atoms with van der Waals surface area (Å²) in [5.41, 5.74) is 7.49. The van der Waals surface area contributed by atoms with Gasteiger partial charge in [0.1, 0.15) is 11.9 Å². The first kappa shape index (κ1) is 20.0. The maximum absolute atomic E-state index is 10.00. The lowest BCUT2D eigenvalue weighted by Crippen LogP contribution is -2.47. The van der Waals surface area contributed by atoms with Crippen molar-refractivity contribution in [3.63, 3.8) is 0 Å². The number of anilines is 1. The van der Waals surface area contributed by atoms with Gasteiger partial charge in [-0.25, -0.2) is 4.98 Å². The fourth-order valence-corrected chi connectivity index (χ4v) is 5.44. The molecule has 0 N–H and O–H groups in total. The van der Waals surface area contributed by atoms with Crippen LogP contribution in [0.4, 0.5) is 5.82 Å². The van der Waals surface area contributed by atoms with Crippen LogP contribution in [0.2, 0.25) is 0 Å². The minimum Gasteiger partial charge on any atom is -0.355 e. The molecule has 0 atom stereocenters. The smallest absolute Gasteiger partial charge is 0.157 e. The Morgan fingerprint density at radius 3 is 2.48 bits per heavy atom. The Morgan fingerprint density at radius 2 is 1.67 bits per heavy atom. The van der Waals surface area contributed by atoms with Gasteiger partial charge >= 0.3 is 0 Å². The largest absolute Gasteiger partial charge is 0.355 e. The van der Waals surface area contributed by atoms with E-state index in [0.29, 0.717) is 0 Å². The summed E-state index contributed by atoms with van der Waals surface area (Å²) in [6, 6.07) is 21.2. The van der Waals surface area contributed by atoms with E-state index in [2.05, 4.69) is 81.0 Å². The van der Waals surface area contributed by atoms with Crippen LogP contribution in [0.1, 0.15) is 28.7 Å². The highest BCUT2D eigenvalue weighted by molar-refractivity contribution is 5.86. The number of nitriles is 1. The summed E-state index contributed by atoms with van der Waals surface area (Å²) in [6.45, 7) is 5.00. The molecule has 0 unspecified atom stereocenters. The van der Waals surface area contributed by atoms with Gasteiger partial charge in [0.05, 0.1) is 16.6 Å². The third-order valence-electron chi connectivity index (χ3n) is 7.04. The zero-order valence-corrected chi connectivity index (χ0v) is 18.7. The summed E-state index contributed by atoms with van der Waals surface area (Å²) in [4.78, 5) is 9.95. The molecule has 4 aromatic rings. The average Bonchev–Trinajstić information content (AvgIpc) is 3.49. The van der Waals surface area contributed by atoms with Crippen LogP contribution in [0.15, 0.2) is 60.7 Å². The molecular weight excluding hydrogens is 406 g/mol. The van der Waals surface area contributed by atoms with Crippen LogP contribution in [0.25, 0.3) is 22.8 Å². The van der Waals surface area contributed by atoms with Crippen LogP contribution in [0, 0.1) is 11.3 Å². The number of hydrogen-bond acceptors (Lipinski definition) is 4. The molecule has 1 fully saturated rings. The van der Waals surface area contributed by atoms with Crippen molar-refractivity contribution < 1.29 is 0 Å². The first-order valence-electron chi connectivity index (χ1n) is 11.9. The number of imidazole rings is 1. The van der Waals surface area contributed by atoms with Crippen LogP contribution in [-0.4, -0.2) is 47.0 Å². The lowest BCUT2D eigenvalue weighted by Gasteiger charge is -2.37. The molecular formula is C28H27N5. The SMILES string of the molecule is N#Cc1c2c(c(N3CCN(C/C=C/c4ccccc4)CC3)n3c1nc1ccccc13)CCC2. The molecule has 0 spiro atoms. The monoisotopic (exact) mass is 433 g/mol. The highest BCUT2D eigenvalue weighted by Crippen LogP contribution is 2.38. The van der Waals surface area contributed by atoms with Crippen LogP contribution in [-0.2, 0) is 12.8 Å². The van der Waals surface area contributed by atoms with E-state index >= 15 is 0 Å². The fourth-order valence-electron chi connectivity index (χ4n) is 5.44. The number of fused-ring (bicyclic) bond motifs is 4. The second-order valence-electron chi connectivity index (χ2n) is 8.98. The van der Waals surface area contributed by atoms with E-state index in [1.54, 1.807) is 0 Å². The lowest BCUT2D eigenvalue weighted by molar-refractivity contribution is 0.283. The van der Waals surface area contributed by atoms with Crippen molar-refractivity contribution in [3.05, 3.63) is 82.9 Å². The molecule has 0 radical (unpaired) electrons. The standard InChI is InChI=1S/C28H27N5/c29-20-24-22-11-6-12-23(22)28(33-26-14-5-4-13-25(26)30-27(24)33)32-18-16-31(17-19-32)15-7-10-21-8-2-1-3-9-21/h1-5,7-10,13-14H,6,11-12,15-19H2/b10-7+. The van der Waals surface area contributed by atoms with Gasteiger partial charge in [-0.05, 0) is 48.1 Å². The predicted octanol–water partition coefficient (Wildman–Crippen LogP) is 4.68. The van der Waals surface area contributed by atoms with Crippen molar-refractivity contribution in [2.75, 3.05) is 37.6 Å². The molecule has 1 aliphatic heterocycles. The molecule has 164 valence electrons. The number of rotatable bonds is 4. The maximum atomic E-state index is 10.00. The molecule has 33 heavy (non-hydrogen) atoms. The molecule has 2 aromatic carbocycles. The molecule has 2 aliphatic rings. The minimum absolute atomic E-state index is 0.770. The van der Waals surface area contributed by atoms with Gasteiger partial charge in [0.15, 0.2) is 5.65 Å². The first-order chi connectivity index (χ1) is 16.3. The quantitative estimate of drug-likeness (QED) is 0.469. The fraction of sp³-hybridized carbons (Fsp3) is 0.286. The van der Waals surface area contributed by atoms with Crippen molar-refractivity contribution in [3.8, 4) is 6.07 Å². The summed E-state index contributed by atoms with van der Waals surface area (Å²) in [7, 11) is 0. The van der Waals surface area contributed by atoms with Gasteiger partial charge in [0.25, 0.3) is 0 Å². The van der Waals surface area contributed by atoms with E-state index in [-0.39, 0.29) is 0 Å². The number of nitrogens with zero attached hydrogens (tertiary/aromatic N) is 5. The van der Waals surface area contributed by atoms with E-state index in [4.69, 9.17) is 4.98 Å². The Balaban J connectivity index is 1.31. The Labute approximate surface area is 194 Å². The number of hydrogen-bond donors (Lipinski definition) is 0. The van der Waals surface area contributed by atoms with Gasteiger partial charge in [-0.2, -0.15) is 5.26 Å². The summed E-state index contributed by atoms with van der Waals surface area (Å²) < 4.78 is 2.27. The van der Waals surface area contributed by atoms with Crippen molar-refractivity contribution in [2.45, 2.75) is 19.3 Å². The van der Waals surface area contributed by atoms with E-state index in [1.165, 1.54) is 22.5 Å². The average molecular weight is 434 g/mol. The zero-order valence-electron chi connectivity index (χ0n) is 18.7. The molecule has 0 amide bonds. The molecule has 6 rings (SSSR count). The molecule has 3 heterocycles. The van der Waals surface area contributed by atoms with E-state index in [9.17, 15) is 5.26 Å². The number of para-hydroxylation sites is 2. The molecule has 1 saturated heterocycles. The van der Waals surface area contributed by atoms with Gasteiger partial charge in [-0.1, -0.05) is 54.6 Å². The highest BCUT2D eigenvalue weighted by atomic mass is 15.3. The molecule has 5 heteroatoms. The number of pyridine rings is 1. The molecule has 1 aliphatic carbocycles.